The number of imidazole rings is 1. The van der Waals surface area contributed by atoms with Crippen LogP contribution in [0.25, 0.3) is 22.6 Å². The molecule has 6 nitrogen and oxygen atoms in total. The van der Waals surface area contributed by atoms with Gasteiger partial charge in [-0.25, -0.2) is 15.0 Å². The summed E-state index contributed by atoms with van der Waals surface area (Å²) < 4.78 is 6.97. The summed E-state index contributed by atoms with van der Waals surface area (Å²) in [5, 5.41) is 6.36. The lowest BCUT2D eigenvalue weighted by Gasteiger charge is -2.05. The minimum absolute atomic E-state index is 0.385. The van der Waals surface area contributed by atoms with Crippen LogP contribution in [0.3, 0.4) is 0 Å². The van der Waals surface area contributed by atoms with Gasteiger partial charge in [-0.05, 0) is 19.9 Å². The molecule has 0 saturated heterocycles. The quantitative estimate of drug-likeness (QED) is 0.632. The second kappa shape index (κ2) is 7.72. The first-order valence-electron chi connectivity index (χ1n) is 7.83. The van der Waals surface area contributed by atoms with Crippen LogP contribution in [0.5, 0.6) is 5.88 Å². The third kappa shape index (κ3) is 3.63. The second-order valence-electron chi connectivity index (χ2n) is 5.38. The van der Waals surface area contributed by atoms with Crippen molar-refractivity contribution in [2.75, 3.05) is 12.4 Å². The third-order valence-electron chi connectivity index (χ3n) is 3.57. The number of hydrogen-bond acceptors (Lipinski definition) is 6. The van der Waals surface area contributed by atoms with Crippen molar-refractivity contribution in [1.82, 2.24) is 19.5 Å². The molecule has 0 spiro atoms. The smallest absolute Gasteiger partial charge is 0.213 e. The Morgan fingerprint density at radius 2 is 2.19 bits per heavy atom. The summed E-state index contributed by atoms with van der Waals surface area (Å²) in [7, 11) is 1.59. The highest BCUT2D eigenvalue weighted by Gasteiger charge is 2.18. The first kappa shape index (κ1) is 18.2. The van der Waals surface area contributed by atoms with E-state index in [1.807, 2.05) is 42.1 Å². The molecule has 26 heavy (non-hydrogen) atoms. The summed E-state index contributed by atoms with van der Waals surface area (Å²) in [4.78, 5) is 13.4. The number of rotatable bonds is 6. The molecule has 0 amide bonds. The fraction of sp³-hybridized carbons (Fsp3) is 0.167. The summed E-state index contributed by atoms with van der Waals surface area (Å²) in [6, 6.07) is 3.68. The number of nitrogens with zero attached hydrogens (tertiary/aromatic N) is 4. The summed E-state index contributed by atoms with van der Waals surface area (Å²) >= 11 is 7.60. The molecule has 0 aliphatic heterocycles. The van der Waals surface area contributed by atoms with E-state index in [0.717, 1.165) is 27.9 Å². The van der Waals surface area contributed by atoms with Crippen LogP contribution in [-0.2, 0) is 0 Å². The number of thiazole rings is 1. The van der Waals surface area contributed by atoms with Gasteiger partial charge in [-0.2, -0.15) is 0 Å². The Balaban J connectivity index is 1.93. The largest absolute Gasteiger partial charge is 0.481 e. The predicted molar refractivity (Wildman–Crippen MR) is 108 cm³/mol. The zero-order valence-electron chi connectivity index (χ0n) is 14.7. The molecule has 0 bridgehead atoms. The molecule has 0 aliphatic rings. The van der Waals surface area contributed by atoms with Crippen molar-refractivity contribution in [2.45, 2.75) is 13.8 Å². The molecule has 8 heteroatoms. The van der Waals surface area contributed by atoms with Gasteiger partial charge in [0.1, 0.15) is 5.69 Å². The van der Waals surface area contributed by atoms with Crippen molar-refractivity contribution in [3.05, 3.63) is 47.9 Å². The van der Waals surface area contributed by atoms with Gasteiger partial charge < -0.3 is 10.1 Å². The molecular formula is C18H18ClN5OS. The predicted octanol–water partition coefficient (Wildman–Crippen LogP) is 5.16. The molecule has 0 fully saturated rings. The number of anilines is 2. The molecule has 3 heterocycles. The summed E-state index contributed by atoms with van der Waals surface area (Å²) in [5.74, 6) is 1.18. The Morgan fingerprint density at radius 3 is 2.81 bits per heavy atom. The number of halogens is 1. The van der Waals surface area contributed by atoms with E-state index in [9.17, 15) is 0 Å². The lowest BCUT2D eigenvalue weighted by molar-refractivity contribution is 0.398. The number of nitrogens with one attached hydrogen (secondary N) is 1. The number of methoxy groups -OCH3 is 1. The number of aryl methyl sites for hydroxylation is 1. The van der Waals surface area contributed by atoms with E-state index in [0.29, 0.717) is 16.7 Å². The van der Waals surface area contributed by atoms with E-state index < -0.39 is 0 Å². The van der Waals surface area contributed by atoms with Crippen LogP contribution < -0.4 is 10.1 Å². The number of pyridine rings is 1. The van der Waals surface area contributed by atoms with E-state index >= 15 is 0 Å². The molecule has 0 atom stereocenters. The maximum absolute atomic E-state index is 6.10. The van der Waals surface area contributed by atoms with Crippen molar-refractivity contribution in [1.29, 1.82) is 0 Å². The molecule has 0 saturated carbocycles. The first-order chi connectivity index (χ1) is 12.5. The van der Waals surface area contributed by atoms with E-state index in [4.69, 9.17) is 16.3 Å². The fourth-order valence-electron chi connectivity index (χ4n) is 2.48. The standard InChI is InChI=1S/C18H18ClN5OS/c1-5-8-24-16(12(3)21-17(24)11(2)19)14-10-26-18(23-14)22-13-6-7-15(25-4)20-9-13/h5-10H,2H2,1,3-4H3,(H,22,23)/b8-5-. The maximum atomic E-state index is 6.10. The van der Waals surface area contributed by atoms with Crippen LogP contribution in [0.1, 0.15) is 18.4 Å². The molecule has 3 rings (SSSR count). The van der Waals surface area contributed by atoms with Crippen LogP contribution >= 0.6 is 22.9 Å². The fourth-order valence-corrected chi connectivity index (χ4v) is 3.33. The average Bonchev–Trinajstić information content (AvgIpc) is 3.20. The van der Waals surface area contributed by atoms with Gasteiger partial charge in [0.2, 0.25) is 5.88 Å². The van der Waals surface area contributed by atoms with Crippen molar-refractivity contribution >= 4 is 45.0 Å². The van der Waals surface area contributed by atoms with Gasteiger partial charge in [0, 0.05) is 17.6 Å². The number of allylic oxidation sites excluding steroid dienone is 1. The van der Waals surface area contributed by atoms with Crippen LogP contribution in [0.4, 0.5) is 10.8 Å². The monoisotopic (exact) mass is 387 g/mol. The SMILES string of the molecule is C=C(Cl)c1nc(C)c(-c2csc(Nc3ccc(OC)nc3)n2)n1/C=C\C. The highest BCUT2D eigenvalue weighted by atomic mass is 35.5. The Kier molecular flexibility index (Phi) is 5.39. The Bertz CT molecular complexity index is 959. The summed E-state index contributed by atoms with van der Waals surface area (Å²) in [6.07, 6.45) is 5.52. The molecule has 3 aromatic rings. The Hall–Kier alpha value is -2.64. The van der Waals surface area contributed by atoms with Gasteiger partial charge in [0.15, 0.2) is 11.0 Å². The van der Waals surface area contributed by atoms with E-state index in [-0.39, 0.29) is 0 Å². The molecule has 3 aromatic heterocycles. The Labute approximate surface area is 160 Å². The lowest BCUT2D eigenvalue weighted by atomic mass is 10.3. The minimum atomic E-state index is 0.385. The minimum Gasteiger partial charge on any atom is -0.481 e. The molecule has 0 unspecified atom stereocenters. The van der Waals surface area contributed by atoms with E-state index in [2.05, 4.69) is 26.8 Å². The van der Waals surface area contributed by atoms with Crippen LogP contribution in [0.15, 0.2) is 36.4 Å². The molecule has 1 N–H and O–H groups in total. The molecule has 134 valence electrons. The normalized spacial score (nSPS) is 11.1. The van der Waals surface area contributed by atoms with Crippen LogP contribution in [0, 0.1) is 6.92 Å². The van der Waals surface area contributed by atoms with Gasteiger partial charge >= 0.3 is 0 Å². The zero-order chi connectivity index (χ0) is 18.7. The van der Waals surface area contributed by atoms with E-state index in [1.54, 1.807) is 19.4 Å². The van der Waals surface area contributed by atoms with Crippen molar-refractivity contribution in [3.63, 3.8) is 0 Å². The molecule has 0 aromatic carbocycles. The highest BCUT2D eigenvalue weighted by Crippen LogP contribution is 2.32. The zero-order valence-corrected chi connectivity index (χ0v) is 16.2. The maximum Gasteiger partial charge on any atom is 0.213 e. The Morgan fingerprint density at radius 1 is 1.38 bits per heavy atom. The summed E-state index contributed by atoms with van der Waals surface area (Å²) in [6.45, 7) is 7.66. The average molecular weight is 388 g/mol. The second-order valence-corrected chi connectivity index (χ2v) is 6.69. The van der Waals surface area contributed by atoms with Crippen molar-refractivity contribution in [3.8, 4) is 17.3 Å². The molecular weight excluding hydrogens is 370 g/mol. The van der Waals surface area contributed by atoms with Gasteiger partial charge in [0.05, 0.1) is 35.4 Å². The number of ether oxygens (including phenoxy) is 1. The third-order valence-corrected chi connectivity index (χ3v) is 4.50. The highest BCUT2D eigenvalue weighted by molar-refractivity contribution is 7.14. The van der Waals surface area contributed by atoms with Crippen molar-refractivity contribution in [2.24, 2.45) is 0 Å². The van der Waals surface area contributed by atoms with Gasteiger partial charge in [-0.1, -0.05) is 24.3 Å². The summed E-state index contributed by atoms with van der Waals surface area (Å²) in [5.41, 5.74) is 3.37. The number of hydrogen-bond donors (Lipinski definition) is 1. The van der Waals surface area contributed by atoms with Gasteiger partial charge in [0.25, 0.3) is 0 Å². The topological polar surface area (TPSA) is 64.9 Å². The lowest BCUT2D eigenvalue weighted by Crippen LogP contribution is -1.96. The molecule has 0 radical (unpaired) electrons. The number of aromatic nitrogens is 4. The van der Waals surface area contributed by atoms with Crippen LogP contribution in [-0.4, -0.2) is 26.6 Å². The van der Waals surface area contributed by atoms with Crippen molar-refractivity contribution < 1.29 is 4.74 Å². The van der Waals surface area contributed by atoms with E-state index in [1.165, 1.54) is 11.3 Å². The molecule has 0 aliphatic carbocycles. The van der Waals surface area contributed by atoms with Crippen LogP contribution in [0.2, 0.25) is 0 Å². The van der Waals surface area contributed by atoms with Gasteiger partial charge in [-0.15, -0.1) is 11.3 Å². The first-order valence-corrected chi connectivity index (χ1v) is 9.08. The van der Waals surface area contributed by atoms with Gasteiger partial charge in [-0.3, -0.25) is 4.57 Å².